The average Bonchev–Trinajstić information content (AvgIpc) is 3.21. The molecule has 0 fully saturated rings. The molecule has 28 heavy (non-hydrogen) atoms. The van der Waals surface area contributed by atoms with Crippen LogP contribution in [0.4, 0.5) is 0 Å². The van der Waals surface area contributed by atoms with E-state index in [1.165, 1.54) is 22.3 Å². The van der Waals surface area contributed by atoms with Crippen LogP contribution in [0.25, 0.3) is 0 Å². The molecule has 0 radical (unpaired) electrons. The third-order valence-corrected chi connectivity index (χ3v) is 59.2. The molecule has 2 aliphatic rings. The predicted molar refractivity (Wildman–Crippen MR) is 130 cm³/mol. The maximum absolute atomic E-state index is 8.01. The zero-order valence-corrected chi connectivity index (χ0v) is 24.4. The molecule has 0 bridgehead atoms. The van der Waals surface area contributed by atoms with Gasteiger partial charge in [0.05, 0.1) is 0 Å². The van der Waals surface area contributed by atoms with E-state index >= 15 is 0 Å². The van der Waals surface area contributed by atoms with E-state index in [9.17, 15) is 0 Å². The van der Waals surface area contributed by atoms with E-state index in [1.807, 2.05) is 0 Å². The Bertz CT molecular complexity index is 656. The number of hydrogen-bond acceptors (Lipinski definition) is 0. The van der Waals surface area contributed by atoms with Crippen molar-refractivity contribution < 1.29 is 15.6 Å². The Hall–Kier alpha value is 0.640. The molecule has 0 N–H and O–H groups in total. The van der Waals surface area contributed by atoms with Gasteiger partial charge in [0.15, 0.2) is 0 Å². The number of allylic oxidation sites excluding steroid dienone is 8. The van der Waals surface area contributed by atoms with Crippen LogP contribution in [-0.2, 0) is 15.6 Å². The summed E-state index contributed by atoms with van der Waals surface area (Å²) in [7, 11) is 16.0. The van der Waals surface area contributed by atoms with Gasteiger partial charge in [0.2, 0.25) is 0 Å². The Labute approximate surface area is 183 Å². The van der Waals surface area contributed by atoms with Gasteiger partial charge in [0.25, 0.3) is 0 Å². The van der Waals surface area contributed by atoms with E-state index < -0.39 is 21.5 Å². The SMILES string of the molecule is CCCC1=CC(C(C)C)=C[CH]1[Zr]([Cl])([Cl])([CH]1C=C(C(C)C)C=C1CCC)[SiH](C)C. The number of halogens is 2. The summed E-state index contributed by atoms with van der Waals surface area (Å²) in [6.45, 7) is 18.6. The fraction of sp³-hybridized carbons (Fsp3) is 0.667. The van der Waals surface area contributed by atoms with E-state index in [1.54, 1.807) is 0 Å². The molecule has 2 unspecified atom stereocenters. The molecule has 0 aromatic carbocycles. The second-order valence-electron chi connectivity index (χ2n) is 9.92. The molecule has 0 aromatic heterocycles. The molecule has 2 rings (SSSR count). The van der Waals surface area contributed by atoms with Crippen LogP contribution in [0.1, 0.15) is 67.2 Å². The van der Waals surface area contributed by atoms with Crippen LogP contribution in [0.5, 0.6) is 0 Å². The summed E-state index contributed by atoms with van der Waals surface area (Å²) in [6, 6.07) is 0. The minimum absolute atomic E-state index is 0.321. The molecule has 159 valence electrons. The molecule has 0 spiro atoms. The van der Waals surface area contributed by atoms with Crippen LogP contribution in [0.15, 0.2) is 46.6 Å². The molecule has 0 aliphatic heterocycles. The first kappa shape index (κ1) is 24.9. The first-order valence-corrected chi connectivity index (χ1v) is 27.7. The molecule has 0 aromatic rings. The van der Waals surface area contributed by atoms with Gasteiger partial charge in [-0.1, -0.05) is 0 Å². The quantitative estimate of drug-likeness (QED) is 0.266. The summed E-state index contributed by atoms with van der Waals surface area (Å²) in [5.74, 6) is -0.224. The Morgan fingerprint density at radius 3 is 1.43 bits per heavy atom. The second-order valence-corrected chi connectivity index (χ2v) is 52.6. The third-order valence-electron chi connectivity index (χ3n) is 6.92. The van der Waals surface area contributed by atoms with E-state index in [-0.39, 0.29) is 0 Å². The van der Waals surface area contributed by atoms with Gasteiger partial charge in [0, 0.05) is 0 Å². The van der Waals surface area contributed by atoms with Gasteiger partial charge >= 0.3 is 185 Å². The molecule has 4 heteroatoms. The molecular formula is C24H41Cl2SiZr. The van der Waals surface area contributed by atoms with Crippen molar-refractivity contribution in [2.24, 2.45) is 11.8 Å². The van der Waals surface area contributed by atoms with Crippen molar-refractivity contribution in [2.45, 2.75) is 87.6 Å². The summed E-state index contributed by atoms with van der Waals surface area (Å²) in [5, 5.41) is 0. The minimum atomic E-state index is -4.19. The van der Waals surface area contributed by atoms with Gasteiger partial charge in [-0.2, -0.15) is 0 Å². The maximum atomic E-state index is 8.01. The number of rotatable bonds is 9. The van der Waals surface area contributed by atoms with Crippen LogP contribution < -0.4 is 0 Å². The van der Waals surface area contributed by atoms with Crippen molar-refractivity contribution in [1.29, 1.82) is 0 Å². The number of hydrogen-bond donors (Lipinski definition) is 0. The Kier molecular flexibility index (Phi) is 8.38. The first-order chi connectivity index (χ1) is 13.0. The molecule has 2 atom stereocenters. The van der Waals surface area contributed by atoms with Gasteiger partial charge < -0.3 is 0 Å². The zero-order valence-electron chi connectivity index (χ0n) is 19.3. The predicted octanol–water partition coefficient (Wildman–Crippen LogP) is 9.19. The first-order valence-electron chi connectivity index (χ1n) is 11.4. The molecule has 0 saturated carbocycles. The van der Waals surface area contributed by atoms with Crippen LogP contribution in [0.3, 0.4) is 0 Å². The van der Waals surface area contributed by atoms with Crippen LogP contribution in [-0.4, -0.2) is 5.92 Å². The molecule has 0 amide bonds. The molecule has 0 heterocycles. The zero-order chi connectivity index (χ0) is 21.3. The molecule has 0 saturated heterocycles. The fourth-order valence-corrected chi connectivity index (χ4v) is 33.6. The van der Waals surface area contributed by atoms with Gasteiger partial charge in [0.1, 0.15) is 0 Å². The van der Waals surface area contributed by atoms with Crippen molar-refractivity contribution in [2.75, 3.05) is 0 Å². The summed E-state index contributed by atoms with van der Waals surface area (Å²) in [5.41, 5.74) is 5.98. The van der Waals surface area contributed by atoms with Crippen molar-refractivity contribution >= 4 is 22.9 Å². The summed E-state index contributed by atoms with van der Waals surface area (Å²) >= 11 is -4.19. The van der Waals surface area contributed by atoms with Crippen molar-refractivity contribution in [3.63, 3.8) is 0 Å². The summed E-state index contributed by atoms with van der Waals surface area (Å²) < 4.78 is 0.642. The van der Waals surface area contributed by atoms with E-state index in [4.69, 9.17) is 17.0 Å². The van der Waals surface area contributed by atoms with Crippen LogP contribution in [0, 0.1) is 11.8 Å². The van der Waals surface area contributed by atoms with Crippen molar-refractivity contribution in [3.05, 3.63) is 46.6 Å². The van der Waals surface area contributed by atoms with Gasteiger partial charge in [-0.05, 0) is 0 Å². The van der Waals surface area contributed by atoms with Crippen LogP contribution >= 0.6 is 17.0 Å². The topological polar surface area (TPSA) is 0 Å². The average molecular weight is 520 g/mol. The van der Waals surface area contributed by atoms with E-state index in [0.717, 1.165) is 25.7 Å². The Balaban J connectivity index is 2.66. The normalized spacial score (nSPS) is 24.4. The van der Waals surface area contributed by atoms with E-state index in [0.29, 0.717) is 19.1 Å². The monoisotopic (exact) mass is 517 g/mol. The van der Waals surface area contributed by atoms with Gasteiger partial charge in [-0.25, -0.2) is 0 Å². The summed E-state index contributed by atoms with van der Waals surface area (Å²) in [4.78, 5) is 0. The third kappa shape index (κ3) is 4.46. The Morgan fingerprint density at radius 1 is 0.821 bits per heavy atom. The summed E-state index contributed by atoms with van der Waals surface area (Å²) in [6.07, 6.45) is 14.5. The van der Waals surface area contributed by atoms with Gasteiger partial charge in [-0.3, -0.25) is 0 Å². The second kappa shape index (κ2) is 9.42. The van der Waals surface area contributed by atoms with Crippen LogP contribution in [0.2, 0.25) is 20.3 Å². The van der Waals surface area contributed by atoms with E-state index in [2.05, 4.69) is 78.9 Å². The Morgan fingerprint density at radius 2 is 1.18 bits per heavy atom. The van der Waals surface area contributed by atoms with Crippen molar-refractivity contribution in [3.8, 4) is 0 Å². The van der Waals surface area contributed by atoms with Gasteiger partial charge in [-0.15, -0.1) is 0 Å². The molecule has 2 aliphatic carbocycles. The fourth-order valence-electron chi connectivity index (χ4n) is 4.99. The molecule has 0 nitrogen and oxygen atoms in total. The molecular weight excluding hydrogens is 478 g/mol. The standard InChI is InChI=1S/2C11H17.C2H7Si.2ClH.Zr/c2*1-4-5-10-6-7-11(8-10)9(2)3;1-3-2;;;/h2*6-9H,4-5H2,1-3H3;3H,1-2H3;2*1H;/q;;;;;+2/p-2. The van der Waals surface area contributed by atoms with Crippen molar-refractivity contribution in [1.82, 2.24) is 0 Å².